The molecule has 0 bridgehead atoms. The average Bonchev–Trinajstić information content (AvgIpc) is 3.27. The van der Waals surface area contributed by atoms with Crippen LogP contribution in [-0.4, -0.2) is 49.4 Å². The quantitative estimate of drug-likeness (QED) is 0.848. The SMILES string of the molecule is CC[C@H]1C[C@H](Cn2cnc(C(=O)N[C@H]3CCn4nccc4N(C)C3=O)n2)C1. The number of nitrogens with one attached hydrogen (secondary N) is 1. The molecule has 1 atom stereocenters. The first-order chi connectivity index (χ1) is 13.0. The number of anilines is 1. The van der Waals surface area contributed by atoms with Crippen molar-refractivity contribution in [3.63, 3.8) is 0 Å². The predicted molar refractivity (Wildman–Crippen MR) is 98.0 cm³/mol. The highest BCUT2D eigenvalue weighted by Gasteiger charge is 2.31. The van der Waals surface area contributed by atoms with E-state index in [9.17, 15) is 9.59 Å². The van der Waals surface area contributed by atoms with Gasteiger partial charge in [-0.2, -0.15) is 5.10 Å². The van der Waals surface area contributed by atoms with Crippen LogP contribution >= 0.6 is 0 Å². The zero-order valence-electron chi connectivity index (χ0n) is 15.7. The van der Waals surface area contributed by atoms with Crippen molar-refractivity contribution in [2.45, 2.75) is 51.7 Å². The molecule has 1 saturated carbocycles. The van der Waals surface area contributed by atoms with E-state index in [0.717, 1.165) is 18.3 Å². The maximum absolute atomic E-state index is 12.7. The second kappa shape index (κ2) is 7.13. The summed E-state index contributed by atoms with van der Waals surface area (Å²) in [5, 5.41) is 11.3. The zero-order valence-corrected chi connectivity index (χ0v) is 15.7. The molecule has 0 radical (unpaired) electrons. The minimum atomic E-state index is -0.618. The van der Waals surface area contributed by atoms with E-state index in [1.807, 2.05) is 0 Å². The van der Waals surface area contributed by atoms with Gasteiger partial charge in [0.2, 0.25) is 5.82 Å². The lowest BCUT2D eigenvalue weighted by atomic mass is 9.74. The summed E-state index contributed by atoms with van der Waals surface area (Å²) in [6, 6.07) is 1.17. The zero-order chi connectivity index (χ0) is 19.0. The summed E-state index contributed by atoms with van der Waals surface area (Å²) < 4.78 is 3.50. The smallest absolute Gasteiger partial charge is 0.291 e. The van der Waals surface area contributed by atoms with Gasteiger partial charge in [0.05, 0.1) is 6.20 Å². The summed E-state index contributed by atoms with van der Waals surface area (Å²) >= 11 is 0. The number of likely N-dealkylation sites (N-methyl/N-ethyl adjacent to an activating group) is 1. The van der Waals surface area contributed by atoms with E-state index >= 15 is 0 Å². The lowest BCUT2D eigenvalue weighted by Gasteiger charge is -2.34. The molecule has 0 spiro atoms. The maximum Gasteiger partial charge on any atom is 0.291 e. The monoisotopic (exact) mass is 371 g/mol. The Hall–Kier alpha value is -2.71. The van der Waals surface area contributed by atoms with Crippen molar-refractivity contribution in [1.82, 2.24) is 29.9 Å². The second-order valence-electron chi connectivity index (χ2n) is 7.53. The number of hydrogen-bond donors (Lipinski definition) is 1. The van der Waals surface area contributed by atoms with Gasteiger partial charge in [-0.05, 0) is 31.1 Å². The Morgan fingerprint density at radius 2 is 2.15 bits per heavy atom. The fraction of sp³-hybridized carbons (Fsp3) is 0.611. The van der Waals surface area contributed by atoms with Gasteiger partial charge in [-0.1, -0.05) is 13.3 Å². The number of hydrogen-bond acceptors (Lipinski definition) is 5. The Bertz CT molecular complexity index is 836. The van der Waals surface area contributed by atoms with Crippen molar-refractivity contribution in [2.75, 3.05) is 11.9 Å². The molecule has 9 heteroatoms. The molecule has 0 aromatic carbocycles. The average molecular weight is 371 g/mol. The van der Waals surface area contributed by atoms with Crippen molar-refractivity contribution >= 4 is 17.6 Å². The summed E-state index contributed by atoms with van der Waals surface area (Å²) in [5.41, 5.74) is 0. The van der Waals surface area contributed by atoms with Gasteiger partial charge in [0.15, 0.2) is 0 Å². The van der Waals surface area contributed by atoms with Crippen LogP contribution in [0.2, 0.25) is 0 Å². The van der Waals surface area contributed by atoms with E-state index in [1.165, 1.54) is 24.2 Å². The van der Waals surface area contributed by atoms with Crippen LogP contribution in [0.4, 0.5) is 5.82 Å². The van der Waals surface area contributed by atoms with Gasteiger partial charge < -0.3 is 5.32 Å². The summed E-state index contributed by atoms with van der Waals surface area (Å²) in [5.74, 6) is 1.70. The fourth-order valence-corrected chi connectivity index (χ4v) is 3.97. The molecule has 144 valence electrons. The molecule has 2 aromatic rings. The van der Waals surface area contributed by atoms with Crippen molar-refractivity contribution in [3.05, 3.63) is 24.4 Å². The first kappa shape index (κ1) is 17.7. The van der Waals surface area contributed by atoms with Gasteiger partial charge in [0.1, 0.15) is 18.2 Å². The van der Waals surface area contributed by atoms with Crippen LogP contribution in [-0.2, 0) is 17.9 Å². The molecule has 1 aliphatic carbocycles. The molecule has 1 fully saturated rings. The summed E-state index contributed by atoms with van der Waals surface area (Å²) in [7, 11) is 1.69. The highest BCUT2D eigenvalue weighted by molar-refractivity contribution is 6.00. The van der Waals surface area contributed by atoms with E-state index in [1.54, 1.807) is 35.0 Å². The predicted octanol–water partition coefficient (Wildman–Crippen LogP) is 1.08. The van der Waals surface area contributed by atoms with Crippen LogP contribution in [0.5, 0.6) is 0 Å². The van der Waals surface area contributed by atoms with E-state index in [0.29, 0.717) is 18.9 Å². The van der Waals surface area contributed by atoms with Crippen LogP contribution in [0, 0.1) is 11.8 Å². The van der Waals surface area contributed by atoms with Crippen LogP contribution < -0.4 is 10.2 Å². The largest absolute Gasteiger partial charge is 0.337 e. The van der Waals surface area contributed by atoms with Crippen LogP contribution in [0.25, 0.3) is 0 Å². The Kier molecular flexibility index (Phi) is 4.67. The molecule has 2 aromatic heterocycles. The number of aromatic nitrogens is 5. The molecule has 4 rings (SSSR count). The lowest BCUT2D eigenvalue weighted by molar-refractivity contribution is -0.120. The van der Waals surface area contributed by atoms with E-state index in [4.69, 9.17) is 0 Å². The van der Waals surface area contributed by atoms with Gasteiger partial charge in [0, 0.05) is 26.2 Å². The minimum absolute atomic E-state index is 0.110. The molecule has 2 amide bonds. The molecular formula is C18H25N7O2. The Morgan fingerprint density at radius 3 is 2.93 bits per heavy atom. The Morgan fingerprint density at radius 1 is 1.33 bits per heavy atom. The van der Waals surface area contributed by atoms with Gasteiger partial charge >= 0.3 is 0 Å². The molecule has 1 N–H and O–H groups in total. The second-order valence-corrected chi connectivity index (χ2v) is 7.53. The standard InChI is InChI=1S/C18H25N7O2/c1-3-12-8-13(9-12)10-24-11-19-16(22-24)17(26)21-14-5-7-25-15(4-6-20-25)23(2)18(14)27/h4,6,11-14H,3,5,7-10H2,1-2H3,(H,21,26)/t12-,13-,14-/m0/s1. The van der Waals surface area contributed by atoms with Gasteiger partial charge in [-0.25, -0.2) is 9.67 Å². The number of rotatable bonds is 5. The van der Waals surface area contributed by atoms with Crippen molar-refractivity contribution in [2.24, 2.45) is 11.8 Å². The molecule has 9 nitrogen and oxygen atoms in total. The van der Waals surface area contributed by atoms with Crippen LogP contribution in [0.3, 0.4) is 0 Å². The molecule has 2 aliphatic rings. The first-order valence-corrected chi connectivity index (χ1v) is 9.54. The minimum Gasteiger partial charge on any atom is -0.337 e. The Balaban J connectivity index is 1.36. The first-order valence-electron chi connectivity index (χ1n) is 9.54. The number of carbonyl (C=O) groups is 2. The highest BCUT2D eigenvalue weighted by atomic mass is 16.2. The molecule has 3 heterocycles. The summed E-state index contributed by atoms with van der Waals surface area (Å²) in [6.45, 7) is 3.58. The van der Waals surface area contributed by atoms with Crippen molar-refractivity contribution < 1.29 is 9.59 Å². The molecule has 27 heavy (non-hydrogen) atoms. The van der Waals surface area contributed by atoms with Crippen molar-refractivity contribution in [1.29, 1.82) is 0 Å². The molecule has 0 saturated heterocycles. The Labute approximate surface area is 157 Å². The van der Waals surface area contributed by atoms with Gasteiger partial charge in [0.25, 0.3) is 11.8 Å². The number of carbonyl (C=O) groups excluding carboxylic acids is 2. The molecular weight excluding hydrogens is 346 g/mol. The highest BCUT2D eigenvalue weighted by Crippen LogP contribution is 2.36. The van der Waals surface area contributed by atoms with Crippen LogP contribution in [0.1, 0.15) is 43.2 Å². The number of amides is 2. The fourth-order valence-electron chi connectivity index (χ4n) is 3.97. The molecule has 1 aliphatic heterocycles. The van der Waals surface area contributed by atoms with E-state index < -0.39 is 11.9 Å². The lowest BCUT2D eigenvalue weighted by Crippen LogP contribution is -2.47. The van der Waals surface area contributed by atoms with Gasteiger partial charge in [-0.15, -0.1) is 5.10 Å². The van der Waals surface area contributed by atoms with Crippen LogP contribution in [0.15, 0.2) is 18.6 Å². The topological polar surface area (TPSA) is 97.9 Å². The summed E-state index contributed by atoms with van der Waals surface area (Å²) in [6.07, 6.45) is 7.41. The maximum atomic E-state index is 12.7. The third-order valence-corrected chi connectivity index (χ3v) is 5.70. The number of fused-ring (bicyclic) bond motifs is 1. The van der Waals surface area contributed by atoms with Crippen molar-refractivity contribution in [3.8, 4) is 0 Å². The van der Waals surface area contributed by atoms with E-state index in [2.05, 4.69) is 27.4 Å². The number of nitrogens with zero attached hydrogens (tertiary/aromatic N) is 6. The van der Waals surface area contributed by atoms with E-state index in [-0.39, 0.29) is 11.7 Å². The molecule has 0 unspecified atom stereocenters. The number of aryl methyl sites for hydroxylation is 1. The summed E-state index contributed by atoms with van der Waals surface area (Å²) in [4.78, 5) is 30.8. The normalized spacial score (nSPS) is 24.9. The third-order valence-electron chi connectivity index (χ3n) is 5.70. The third kappa shape index (κ3) is 3.45. The van der Waals surface area contributed by atoms with Gasteiger partial charge in [-0.3, -0.25) is 19.2 Å².